The highest BCUT2D eigenvalue weighted by atomic mass is 15.1. The van der Waals surface area contributed by atoms with Crippen LogP contribution >= 0.6 is 0 Å². The minimum Gasteiger partial charge on any atom is -0.378 e. The topological polar surface area (TPSA) is 47.7 Å². The number of pyridine rings is 1. The van der Waals surface area contributed by atoms with Crippen LogP contribution in [0.5, 0.6) is 0 Å². The standard InChI is InChI=1S/C15H17N5/c1-12-16-7-9-20(12)15-6-5-13(10-18-15)17-11-14-4-3-8-19(14)2/h3-10,17H,11H2,1-2H3. The van der Waals surface area contributed by atoms with Crippen molar-refractivity contribution < 1.29 is 0 Å². The van der Waals surface area contributed by atoms with E-state index in [9.17, 15) is 0 Å². The summed E-state index contributed by atoms with van der Waals surface area (Å²) in [4.78, 5) is 8.66. The Balaban J connectivity index is 1.71. The molecule has 0 aromatic carbocycles. The molecule has 0 atom stereocenters. The molecular formula is C15H17N5. The lowest BCUT2D eigenvalue weighted by Crippen LogP contribution is -2.05. The summed E-state index contributed by atoms with van der Waals surface area (Å²) in [7, 11) is 2.04. The molecule has 0 aliphatic heterocycles. The lowest BCUT2D eigenvalue weighted by molar-refractivity contribution is 0.841. The number of nitrogens with zero attached hydrogens (tertiary/aromatic N) is 4. The Morgan fingerprint density at radius 1 is 1.15 bits per heavy atom. The maximum Gasteiger partial charge on any atom is 0.138 e. The second kappa shape index (κ2) is 5.21. The third kappa shape index (κ3) is 2.42. The number of aromatic nitrogens is 4. The van der Waals surface area contributed by atoms with Crippen molar-refractivity contribution in [2.75, 3.05) is 5.32 Å². The summed E-state index contributed by atoms with van der Waals surface area (Å²) in [5.74, 6) is 1.81. The molecule has 0 aliphatic carbocycles. The predicted molar refractivity (Wildman–Crippen MR) is 78.8 cm³/mol. The minimum absolute atomic E-state index is 0.786. The van der Waals surface area contributed by atoms with Gasteiger partial charge in [-0.3, -0.25) is 4.57 Å². The van der Waals surface area contributed by atoms with Gasteiger partial charge >= 0.3 is 0 Å². The molecule has 3 aromatic heterocycles. The summed E-state index contributed by atoms with van der Waals surface area (Å²) in [6.07, 6.45) is 7.57. The van der Waals surface area contributed by atoms with Crippen LogP contribution in [0.2, 0.25) is 0 Å². The first-order valence-corrected chi connectivity index (χ1v) is 6.54. The molecule has 3 aromatic rings. The summed E-state index contributed by atoms with van der Waals surface area (Å²) in [5, 5.41) is 3.37. The molecule has 0 radical (unpaired) electrons. The Labute approximate surface area is 117 Å². The number of hydrogen-bond acceptors (Lipinski definition) is 3. The van der Waals surface area contributed by atoms with Crippen LogP contribution in [0.1, 0.15) is 11.5 Å². The summed E-state index contributed by atoms with van der Waals surface area (Å²) >= 11 is 0. The Kier molecular flexibility index (Phi) is 3.25. The van der Waals surface area contributed by atoms with E-state index in [2.05, 4.69) is 25.9 Å². The maximum absolute atomic E-state index is 4.46. The number of anilines is 1. The fourth-order valence-corrected chi connectivity index (χ4v) is 2.13. The molecule has 5 nitrogen and oxygen atoms in total. The largest absolute Gasteiger partial charge is 0.378 e. The van der Waals surface area contributed by atoms with Gasteiger partial charge in [0.05, 0.1) is 18.4 Å². The number of aryl methyl sites for hydroxylation is 2. The first kappa shape index (κ1) is 12.5. The van der Waals surface area contributed by atoms with Crippen LogP contribution in [-0.2, 0) is 13.6 Å². The molecule has 0 fully saturated rings. The van der Waals surface area contributed by atoms with Gasteiger partial charge in [0.1, 0.15) is 11.6 Å². The SMILES string of the molecule is Cc1nccn1-c1ccc(NCc2cccn2C)cn1. The monoisotopic (exact) mass is 267 g/mol. The Bertz CT molecular complexity index is 693. The molecule has 0 saturated heterocycles. The van der Waals surface area contributed by atoms with E-state index in [1.807, 2.05) is 55.3 Å². The van der Waals surface area contributed by atoms with Crippen LogP contribution in [0.4, 0.5) is 5.69 Å². The van der Waals surface area contributed by atoms with Crippen molar-refractivity contribution in [2.24, 2.45) is 7.05 Å². The molecule has 1 N–H and O–H groups in total. The van der Waals surface area contributed by atoms with E-state index in [1.165, 1.54) is 5.69 Å². The summed E-state index contributed by atoms with van der Waals surface area (Å²) in [6.45, 7) is 2.75. The molecule has 0 saturated carbocycles. The third-order valence-corrected chi connectivity index (χ3v) is 3.35. The zero-order chi connectivity index (χ0) is 13.9. The average Bonchev–Trinajstić information content (AvgIpc) is 3.06. The summed E-state index contributed by atoms with van der Waals surface area (Å²) in [6, 6.07) is 8.16. The van der Waals surface area contributed by atoms with Gasteiger partial charge in [-0.1, -0.05) is 0 Å². The van der Waals surface area contributed by atoms with Crippen molar-refractivity contribution in [1.82, 2.24) is 19.1 Å². The van der Waals surface area contributed by atoms with Crippen molar-refractivity contribution in [3.05, 3.63) is 60.6 Å². The number of nitrogens with one attached hydrogen (secondary N) is 1. The zero-order valence-electron chi connectivity index (χ0n) is 11.6. The lowest BCUT2D eigenvalue weighted by atomic mass is 10.3. The molecular weight excluding hydrogens is 250 g/mol. The molecule has 3 rings (SSSR count). The summed E-state index contributed by atoms with van der Waals surface area (Å²) < 4.78 is 4.06. The van der Waals surface area contributed by atoms with Gasteiger partial charge in [0.15, 0.2) is 0 Å². The molecule has 0 aliphatic rings. The second-order valence-electron chi connectivity index (χ2n) is 4.71. The first-order chi connectivity index (χ1) is 9.74. The van der Waals surface area contributed by atoms with Gasteiger partial charge in [-0.15, -0.1) is 0 Å². The quantitative estimate of drug-likeness (QED) is 0.790. The Hall–Kier alpha value is -2.56. The number of imidazole rings is 1. The van der Waals surface area contributed by atoms with Crippen LogP contribution in [0.25, 0.3) is 5.82 Å². The van der Waals surface area contributed by atoms with Crippen LogP contribution in [0, 0.1) is 6.92 Å². The van der Waals surface area contributed by atoms with E-state index in [1.54, 1.807) is 6.20 Å². The van der Waals surface area contributed by atoms with Gasteiger partial charge in [0.2, 0.25) is 0 Å². The molecule has 5 heteroatoms. The first-order valence-electron chi connectivity index (χ1n) is 6.54. The number of hydrogen-bond donors (Lipinski definition) is 1. The fourth-order valence-electron chi connectivity index (χ4n) is 2.13. The van der Waals surface area contributed by atoms with Gasteiger partial charge < -0.3 is 9.88 Å². The summed E-state index contributed by atoms with van der Waals surface area (Å²) in [5.41, 5.74) is 2.24. The Morgan fingerprint density at radius 2 is 2.05 bits per heavy atom. The van der Waals surface area contributed by atoms with E-state index in [-0.39, 0.29) is 0 Å². The normalized spacial score (nSPS) is 10.7. The van der Waals surface area contributed by atoms with E-state index in [4.69, 9.17) is 0 Å². The van der Waals surface area contributed by atoms with Gasteiger partial charge in [0, 0.05) is 31.3 Å². The van der Waals surface area contributed by atoms with Crippen molar-refractivity contribution >= 4 is 5.69 Å². The third-order valence-electron chi connectivity index (χ3n) is 3.35. The highest BCUT2D eigenvalue weighted by Gasteiger charge is 2.02. The second-order valence-corrected chi connectivity index (χ2v) is 4.71. The van der Waals surface area contributed by atoms with Crippen molar-refractivity contribution in [3.63, 3.8) is 0 Å². The van der Waals surface area contributed by atoms with Crippen LogP contribution in [0.3, 0.4) is 0 Å². The van der Waals surface area contributed by atoms with Gasteiger partial charge in [-0.2, -0.15) is 0 Å². The van der Waals surface area contributed by atoms with Gasteiger partial charge in [0.25, 0.3) is 0 Å². The highest BCUT2D eigenvalue weighted by molar-refractivity contribution is 5.44. The zero-order valence-corrected chi connectivity index (χ0v) is 11.6. The number of rotatable bonds is 4. The van der Waals surface area contributed by atoms with E-state index < -0.39 is 0 Å². The van der Waals surface area contributed by atoms with E-state index >= 15 is 0 Å². The molecule has 0 unspecified atom stereocenters. The molecule has 102 valence electrons. The molecule has 0 spiro atoms. The van der Waals surface area contributed by atoms with Crippen molar-refractivity contribution in [1.29, 1.82) is 0 Å². The van der Waals surface area contributed by atoms with Gasteiger partial charge in [-0.05, 0) is 31.2 Å². The van der Waals surface area contributed by atoms with Crippen LogP contribution in [-0.4, -0.2) is 19.1 Å². The Morgan fingerprint density at radius 3 is 2.65 bits per heavy atom. The van der Waals surface area contributed by atoms with Crippen molar-refractivity contribution in [2.45, 2.75) is 13.5 Å². The lowest BCUT2D eigenvalue weighted by Gasteiger charge is -2.09. The average molecular weight is 267 g/mol. The minimum atomic E-state index is 0.786. The molecule has 20 heavy (non-hydrogen) atoms. The van der Waals surface area contributed by atoms with Gasteiger partial charge in [-0.25, -0.2) is 9.97 Å². The maximum atomic E-state index is 4.46. The fraction of sp³-hybridized carbons (Fsp3) is 0.200. The highest BCUT2D eigenvalue weighted by Crippen LogP contribution is 2.12. The van der Waals surface area contributed by atoms with E-state index in [0.29, 0.717) is 0 Å². The molecule has 0 amide bonds. The molecule has 0 bridgehead atoms. The predicted octanol–water partition coefficient (Wildman–Crippen LogP) is 2.53. The van der Waals surface area contributed by atoms with E-state index in [0.717, 1.165) is 23.9 Å². The van der Waals surface area contributed by atoms with Crippen LogP contribution in [0.15, 0.2) is 49.1 Å². The van der Waals surface area contributed by atoms with Crippen LogP contribution < -0.4 is 5.32 Å². The molecule has 3 heterocycles. The van der Waals surface area contributed by atoms with Crippen molar-refractivity contribution in [3.8, 4) is 5.82 Å². The smallest absolute Gasteiger partial charge is 0.138 e.